The van der Waals surface area contributed by atoms with E-state index in [1.54, 1.807) is 11.3 Å². The van der Waals surface area contributed by atoms with Gasteiger partial charge in [0.05, 0.1) is 0 Å². The summed E-state index contributed by atoms with van der Waals surface area (Å²) >= 11 is 1.72. The van der Waals surface area contributed by atoms with E-state index < -0.39 is 0 Å². The van der Waals surface area contributed by atoms with Gasteiger partial charge in [0.25, 0.3) is 0 Å². The minimum Gasteiger partial charge on any atom is -0.339 e. The van der Waals surface area contributed by atoms with E-state index in [0.29, 0.717) is 11.9 Å². The number of rotatable bonds is 5. The summed E-state index contributed by atoms with van der Waals surface area (Å²) in [4.78, 5) is 5.73. The van der Waals surface area contributed by atoms with Crippen molar-refractivity contribution in [1.29, 1.82) is 0 Å². The molecule has 0 saturated heterocycles. The molecular formula is C14H21N3OS. The molecule has 19 heavy (non-hydrogen) atoms. The molecule has 0 saturated carbocycles. The second-order valence-corrected chi connectivity index (χ2v) is 6.80. The first-order valence-electron chi connectivity index (χ1n) is 6.50. The van der Waals surface area contributed by atoms with Crippen LogP contribution >= 0.6 is 11.3 Å². The third-order valence-electron chi connectivity index (χ3n) is 3.20. The van der Waals surface area contributed by atoms with Crippen LogP contribution in [-0.2, 0) is 12.8 Å². The predicted molar refractivity (Wildman–Crippen MR) is 77.4 cm³/mol. The Morgan fingerprint density at radius 3 is 2.79 bits per heavy atom. The Kier molecular flexibility index (Phi) is 4.37. The molecule has 2 rings (SSSR count). The van der Waals surface area contributed by atoms with Crippen molar-refractivity contribution in [3.63, 3.8) is 0 Å². The lowest BCUT2D eigenvalue weighted by atomic mass is 9.85. The molecule has 2 aromatic rings. The third-order valence-corrected chi connectivity index (χ3v) is 4.07. The normalized spacial score (nSPS) is 13.7. The zero-order chi connectivity index (χ0) is 13.9. The topological polar surface area (TPSA) is 51.0 Å². The van der Waals surface area contributed by atoms with Crippen LogP contribution in [0.4, 0.5) is 0 Å². The Morgan fingerprint density at radius 1 is 1.42 bits per heavy atom. The highest BCUT2D eigenvalue weighted by Crippen LogP contribution is 2.22. The summed E-state index contributed by atoms with van der Waals surface area (Å²) in [7, 11) is 1.97. The molecule has 4 nitrogen and oxygen atoms in total. The average molecular weight is 279 g/mol. The lowest BCUT2D eigenvalue weighted by Gasteiger charge is -2.29. The summed E-state index contributed by atoms with van der Waals surface area (Å²) < 4.78 is 5.34. The third kappa shape index (κ3) is 3.88. The lowest BCUT2D eigenvalue weighted by molar-refractivity contribution is 0.255. The molecule has 0 bridgehead atoms. The zero-order valence-electron chi connectivity index (χ0n) is 11.9. The Balaban J connectivity index is 2.01. The molecule has 2 aromatic heterocycles. The molecule has 0 aliphatic carbocycles. The van der Waals surface area contributed by atoms with E-state index in [4.69, 9.17) is 4.52 Å². The number of nitrogens with one attached hydrogen (secondary N) is 1. The molecule has 1 N–H and O–H groups in total. The molecular weight excluding hydrogens is 258 g/mol. The lowest BCUT2D eigenvalue weighted by Crippen LogP contribution is -2.39. The Labute approximate surface area is 118 Å². The van der Waals surface area contributed by atoms with Crippen molar-refractivity contribution < 1.29 is 4.52 Å². The van der Waals surface area contributed by atoms with Gasteiger partial charge in [0.15, 0.2) is 5.82 Å². The van der Waals surface area contributed by atoms with Crippen LogP contribution < -0.4 is 5.32 Å². The van der Waals surface area contributed by atoms with Crippen LogP contribution in [0.5, 0.6) is 0 Å². The zero-order valence-corrected chi connectivity index (χ0v) is 12.8. The van der Waals surface area contributed by atoms with Gasteiger partial charge in [-0.3, -0.25) is 0 Å². The first-order valence-corrected chi connectivity index (χ1v) is 7.38. The number of likely N-dealkylation sites (N-methyl/N-ethyl adjacent to an activating group) is 1. The van der Waals surface area contributed by atoms with Gasteiger partial charge in [-0.25, -0.2) is 0 Å². The summed E-state index contributed by atoms with van der Waals surface area (Å²) in [6.07, 6.45) is 1.51. The number of aromatic nitrogens is 2. The SMILES string of the molecule is CNC(Cc1nc(Cc2cccs2)no1)C(C)(C)C. The molecule has 0 spiro atoms. The van der Waals surface area contributed by atoms with Gasteiger partial charge in [-0.15, -0.1) is 11.3 Å². The van der Waals surface area contributed by atoms with Gasteiger partial charge in [-0.1, -0.05) is 32.0 Å². The molecule has 104 valence electrons. The average Bonchev–Trinajstić information content (AvgIpc) is 2.97. The van der Waals surface area contributed by atoms with Crippen LogP contribution in [0.15, 0.2) is 22.0 Å². The molecule has 5 heteroatoms. The van der Waals surface area contributed by atoms with E-state index in [1.807, 2.05) is 13.1 Å². The van der Waals surface area contributed by atoms with Crippen LogP contribution in [-0.4, -0.2) is 23.2 Å². The number of nitrogens with zero attached hydrogens (tertiary/aromatic N) is 2. The first-order chi connectivity index (χ1) is 8.99. The van der Waals surface area contributed by atoms with Gasteiger partial charge in [-0.05, 0) is 23.9 Å². The summed E-state index contributed by atoms with van der Waals surface area (Å²) in [6.45, 7) is 6.62. The summed E-state index contributed by atoms with van der Waals surface area (Å²) in [5.74, 6) is 1.47. The van der Waals surface area contributed by atoms with Crippen LogP contribution in [0.3, 0.4) is 0 Å². The predicted octanol–water partition coefficient (Wildman–Crippen LogP) is 2.90. The fraction of sp³-hybridized carbons (Fsp3) is 0.571. The van der Waals surface area contributed by atoms with E-state index in [0.717, 1.165) is 18.7 Å². The minimum atomic E-state index is 0.164. The van der Waals surface area contributed by atoms with E-state index in [1.165, 1.54) is 4.88 Å². The Hall–Kier alpha value is -1.20. The highest BCUT2D eigenvalue weighted by molar-refractivity contribution is 7.09. The van der Waals surface area contributed by atoms with Crippen LogP contribution in [0, 0.1) is 5.41 Å². The summed E-state index contributed by atoms with van der Waals surface area (Å²) in [6, 6.07) is 4.45. The first kappa shape index (κ1) is 14.2. The maximum absolute atomic E-state index is 5.34. The molecule has 0 amide bonds. The monoisotopic (exact) mass is 279 g/mol. The fourth-order valence-corrected chi connectivity index (χ4v) is 2.73. The number of hydrogen-bond donors (Lipinski definition) is 1. The Morgan fingerprint density at radius 2 is 2.21 bits per heavy atom. The molecule has 0 aliphatic heterocycles. The molecule has 0 aromatic carbocycles. The minimum absolute atomic E-state index is 0.164. The highest BCUT2D eigenvalue weighted by atomic mass is 32.1. The Bertz CT molecular complexity index is 499. The van der Waals surface area contributed by atoms with Crippen LogP contribution in [0.25, 0.3) is 0 Å². The van der Waals surface area contributed by atoms with Crippen LogP contribution in [0.2, 0.25) is 0 Å². The van der Waals surface area contributed by atoms with E-state index in [2.05, 4.69) is 47.7 Å². The van der Waals surface area contributed by atoms with Gasteiger partial charge in [-0.2, -0.15) is 4.98 Å². The van der Waals surface area contributed by atoms with Gasteiger partial charge in [0, 0.05) is 23.8 Å². The molecule has 2 heterocycles. The van der Waals surface area contributed by atoms with E-state index >= 15 is 0 Å². The smallest absolute Gasteiger partial charge is 0.228 e. The van der Waals surface area contributed by atoms with E-state index in [-0.39, 0.29) is 5.41 Å². The largest absolute Gasteiger partial charge is 0.339 e. The van der Waals surface area contributed by atoms with Gasteiger partial charge in [0.2, 0.25) is 5.89 Å². The van der Waals surface area contributed by atoms with Gasteiger partial charge < -0.3 is 9.84 Å². The van der Waals surface area contributed by atoms with Gasteiger partial charge in [0.1, 0.15) is 0 Å². The van der Waals surface area contributed by atoms with E-state index in [9.17, 15) is 0 Å². The maximum Gasteiger partial charge on any atom is 0.228 e. The van der Waals surface area contributed by atoms with Gasteiger partial charge >= 0.3 is 0 Å². The molecule has 1 unspecified atom stereocenters. The molecule has 0 aliphatic rings. The second-order valence-electron chi connectivity index (χ2n) is 5.77. The highest BCUT2D eigenvalue weighted by Gasteiger charge is 2.25. The molecule has 1 atom stereocenters. The van der Waals surface area contributed by atoms with Crippen molar-refractivity contribution in [2.24, 2.45) is 5.41 Å². The number of hydrogen-bond acceptors (Lipinski definition) is 5. The van der Waals surface area contributed by atoms with Crippen molar-refractivity contribution in [3.05, 3.63) is 34.1 Å². The standard InChI is InChI=1S/C14H21N3OS/c1-14(2,3)11(15-4)9-13-16-12(17-18-13)8-10-6-5-7-19-10/h5-7,11,15H,8-9H2,1-4H3. The quantitative estimate of drug-likeness (QED) is 0.914. The second kappa shape index (κ2) is 5.84. The fourth-order valence-electron chi connectivity index (χ4n) is 2.03. The van der Waals surface area contributed by atoms with Crippen molar-refractivity contribution in [3.8, 4) is 0 Å². The van der Waals surface area contributed by atoms with Crippen LogP contribution in [0.1, 0.15) is 37.4 Å². The maximum atomic E-state index is 5.34. The van der Waals surface area contributed by atoms with Crippen molar-refractivity contribution in [2.75, 3.05) is 7.05 Å². The van der Waals surface area contributed by atoms with Crippen molar-refractivity contribution in [2.45, 2.75) is 39.7 Å². The number of thiophene rings is 1. The molecule has 0 fully saturated rings. The van der Waals surface area contributed by atoms with Crippen molar-refractivity contribution >= 4 is 11.3 Å². The van der Waals surface area contributed by atoms with Crippen molar-refractivity contribution in [1.82, 2.24) is 15.5 Å². The summed E-state index contributed by atoms with van der Waals surface area (Å²) in [5, 5.41) is 9.44. The molecule has 0 radical (unpaired) electrons. The summed E-state index contributed by atoms with van der Waals surface area (Å²) in [5.41, 5.74) is 0.164.